The molecule has 1 aliphatic heterocycles. The molecule has 88 valence electrons. The van der Waals surface area contributed by atoms with Gasteiger partial charge in [-0.1, -0.05) is 18.2 Å². The van der Waals surface area contributed by atoms with Crippen LogP contribution in [0.25, 0.3) is 0 Å². The molecule has 1 aromatic carbocycles. The van der Waals surface area contributed by atoms with E-state index in [0.717, 1.165) is 31.5 Å². The zero-order valence-corrected chi connectivity index (χ0v) is 9.52. The lowest BCUT2D eigenvalue weighted by Gasteiger charge is -2.30. The zero-order valence-electron chi connectivity index (χ0n) is 9.52. The van der Waals surface area contributed by atoms with Crippen LogP contribution in [0.1, 0.15) is 24.3 Å². The fourth-order valence-corrected chi connectivity index (χ4v) is 2.62. The standard InChI is InChI=1S/C13H20N2O/c14-9-12(10-5-7-15-8-6-10)11-3-1-2-4-13(11)16/h1-4,10,12,15-16H,5-9,14H2. The van der Waals surface area contributed by atoms with Crippen LogP contribution < -0.4 is 11.1 Å². The van der Waals surface area contributed by atoms with Crippen molar-refractivity contribution in [3.8, 4) is 5.75 Å². The maximum atomic E-state index is 9.87. The second kappa shape index (κ2) is 5.32. The second-order valence-corrected chi connectivity index (χ2v) is 4.49. The highest BCUT2D eigenvalue weighted by Crippen LogP contribution is 2.34. The SMILES string of the molecule is NCC(c1ccccc1O)C1CCNCC1. The van der Waals surface area contributed by atoms with Crippen LogP contribution in [0.4, 0.5) is 0 Å². The molecular formula is C13H20N2O. The third kappa shape index (κ3) is 2.36. The number of rotatable bonds is 3. The number of nitrogens with one attached hydrogen (secondary N) is 1. The molecule has 3 heteroatoms. The van der Waals surface area contributed by atoms with Crippen molar-refractivity contribution in [2.75, 3.05) is 19.6 Å². The van der Waals surface area contributed by atoms with Gasteiger partial charge in [0.05, 0.1) is 0 Å². The summed E-state index contributed by atoms with van der Waals surface area (Å²) in [4.78, 5) is 0. The zero-order chi connectivity index (χ0) is 11.4. The van der Waals surface area contributed by atoms with Crippen LogP contribution in [0.2, 0.25) is 0 Å². The van der Waals surface area contributed by atoms with Crippen molar-refractivity contribution in [1.29, 1.82) is 0 Å². The minimum Gasteiger partial charge on any atom is -0.508 e. The Bertz CT molecular complexity index is 334. The first-order valence-electron chi connectivity index (χ1n) is 6.01. The Balaban J connectivity index is 2.18. The van der Waals surface area contributed by atoms with Gasteiger partial charge in [0.1, 0.15) is 5.75 Å². The van der Waals surface area contributed by atoms with Crippen molar-refractivity contribution in [2.24, 2.45) is 11.7 Å². The summed E-state index contributed by atoms with van der Waals surface area (Å²) in [6, 6.07) is 7.57. The molecule has 0 spiro atoms. The average Bonchev–Trinajstić information content (AvgIpc) is 2.34. The highest BCUT2D eigenvalue weighted by Gasteiger charge is 2.25. The molecule has 1 aliphatic rings. The summed E-state index contributed by atoms with van der Waals surface area (Å²) in [6.07, 6.45) is 2.30. The van der Waals surface area contributed by atoms with Gasteiger partial charge in [0.2, 0.25) is 0 Å². The van der Waals surface area contributed by atoms with E-state index in [1.807, 2.05) is 18.2 Å². The van der Waals surface area contributed by atoms with Crippen LogP contribution in [0, 0.1) is 5.92 Å². The van der Waals surface area contributed by atoms with E-state index in [1.165, 1.54) is 0 Å². The summed E-state index contributed by atoms with van der Waals surface area (Å²) in [5.74, 6) is 1.28. The summed E-state index contributed by atoms with van der Waals surface area (Å²) in [6.45, 7) is 2.74. The number of piperidine rings is 1. The van der Waals surface area contributed by atoms with Crippen molar-refractivity contribution in [3.05, 3.63) is 29.8 Å². The number of hydrogen-bond acceptors (Lipinski definition) is 3. The number of para-hydroxylation sites is 1. The molecular weight excluding hydrogens is 200 g/mol. The lowest BCUT2D eigenvalue weighted by molar-refractivity contribution is 0.315. The molecule has 16 heavy (non-hydrogen) atoms. The van der Waals surface area contributed by atoms with Gasteiger partial charge in [0.15, 0.2) is 0 Å². The van der Waals surface area contributed by atoms with Crippen molar-refractivity contribution in [3.63, 3.8) is 0 Å². The van der Waals surface area contributed by atoms with Crippen molar-refractivity contribution in [1.82, 2.24) is 5.32 Å². The van der Waals surface area contributed by atoms with Crippen LogP contribution in [-0.2, 0) is 0 Å². The van der Waals surface area contributed by atoms with Crippen LogP contribution in [-0.4, -0.2) is 24.7 Å². The Morgan fingerprint density at radius 2 is 2.00 bits per heavy atom. The molecule has 1 atom stereocenters. The summed E-state index contributed by atoms with van der Waals surface area (Å²) in [5, 5.41) is 13.2. The highest BCUT2D eigenvalue weighted by atomic mass is 16.3. The summed E-state index contributed by atoms with van der Waals surface area (Å²) in [7, 11) is 0. The predicted molar refractivity (Wildman–Crippen MR) is 65.5 cm³/mol. The predicted octanol–water partition coefficient (Wildman–Crippen LogP) is 1.43. The van der Waals surface area contributed by atoms with E-state index < -0.39 is 0 Å². The van der Waals surface area contributed by atoms with Crippen molar-refractivity contribution < 1.29 is 5.11 Å². The fourth-order valence-electron chi connectivity index (χ4n) is 2.62. The molecule has 3 nitrogen and oxygen atoms in total. The van der Waals surface area contributed by atoms with Gasteiger partial charge in [0.25, 0.3) is 0 Å². The average molecular weight is 220 g/mol. The van der Waals surface area contributed by atoms with E-state index in [1.54, 1.807) is 6.07 Å². The van der Waals surface area contributed by atoms with Crippen LogP contribution in [0.5, 0.6) is 5.75 Å². The number of benzene rings is 1. The Hall–Kier alpha value is -1.06. The van der Waals surface area contributed by atoms with E-state index in [-0.39, 0.29) is 0 Å². The van der Waals surface area contributed by atoms with Crippen LogP contribution in [0.3, 0.4) is 0 Å². The fraction of sp³-hybridized carbons (Fsp3) is 0.538. The van der Waals surface area contributed by atoms with E-state index in [4.69, 9.17) is 5.73 Å². The van der Waals surface area contributed by atoms with Crippen molar-refractivity contribution in [2.45, 2.75) is 18.8 Å². The minimum atomic E-state index is 0.295. The summed E-state index contributed by atoms with van der Waals surface area (Å²) in [5.41, 5.74) is 6.88. The van der Waals surface area contributed by atoms with Gasteiger partial charge in [0, 0.05) is 5.92 Å². The molecule has 0 amide bonds. The van der Waals surface area contributed by atoms with E-state index >= 15 is 0 Å². The van der Waals surface area contributed by atoms with Gasteiger partial charge in [-0.05, 0) is 50.0 Å². The molecule has 0 radical (unpaired) electrons. The largest absolute Gasteiger partial charge is 0.508 e. The monoisotopic (exact) mass is 220 g/mol. The molecule has 1 saturated heterocycles. The Labute approximate surface area is 96.7 Å². The third-order valence-corrected chi connectivity index (χ3v) is 3.54. The summed E-state index contributed by atoms with van der Waals surface area (Å²) >= 11 is 0. The number of aromatic hydroxyl groups is 1. The number of nitrogens with two attached hydrogens (primary N) is 1. The van der Waals surface area contributed by atoms with Gasteiger partial charge in [-0.25, -0.2) is 0 Å². The van der Waals surface area contributed by atoms with E-state index in [9.17, 15) is 5.11 Å². The lowest BCUT2D eigenvalue weighted by atomic mass is 9.80. The maximum Gasteiger partial charge on any atom is 0.119 e. The molecule has 1 unspecified atom stereocenters. The first-order valence-corrected chi connectivity index (χ1v) is 6.01. The molecule has 0 saturated carbocycles. The number of phenols is 1. The second-order valence-electron chi connectivity index (χ2n) is 4.49. The molecule has 1 fully saturated rings. The third-order valence-electron chi connectivity index (χ3n) is 3.54. The van der Waals surface area contributed by atoms with E-state index in [2.05, 4.69) is 5.32 Å². The Kier molecular flexibility index (Phi) is 3.80. The van der Waals surface area contributed by atoms with Crippen LogP contribution in [0.15, 0.2) is 24.3 Å². The first-order chi connectivity index (χ1) is 7.83. The van der Waals surface area contributed by atoms with Crippen molar-refractivity contribution >= 4 is 0 Å². The Morgan fingerprint density at radius 3 is 2.62 bits per heavy atom. The molecule has 4 N–H and O–H groups in total. The quantitative estimate of drug-likeness (QED) is 0.722. The van der Waals surface area contributed by atoms with Gasteiger partial charge >= 0.3 is 0 Å². The normalized spacial score (nSPS) is 19.6. The van der Waals surface area contributed by atoms with Crippen LogP contribution >= 0.6 is 0 Å². The van der Waals surface area contributed by atoms with E-state index in [0.29, 0.717) is 24.1 Å². The minimum absolute atomic E-state index is 0.295. The first kappa shape index (κ1) is 11.4. The highest BCUT2D eigenvalue weighted by molar-refractivity contribution is 5.35. The molecule has 2 rings (SSSR count). The lowest BCUT2D eigenvalue weighted by Crippen LogP contribution is -2.33. The molecule has 0 aromatic heterocycles. The topological polar surface area (TPSA) is 58.3 Å². The van der Waals surface area contributed by atoms with Gasteiger partial charge in [-0.2, -0.15) is 0 Å². The van der Waals surface area contributed by atoms with Gasteiger partial charge < -0.3 is 16.2 Å². The molecule has 0 aliphatic carbocycles. The smallest absolute Gasteiger partial charge is 0.119 e. The number of phenolic OH excluding ortho intramolecular Hbond substituents is 1. The molecule has 1 aromatic rings. The molecule has 1 heterocycles. The number of hydrogen-bond donors (Lipinski definition) is 3. The van der Waals surface area contributed by atoms with Gasteiger partial charge in [-0.15, -0.1) is 0 Å². The Morgan fingerprint density at radius 1 is 1.31 bits per heavy atom. The van der Waals surface area contributed by atoms with Gasteiger partial charge in [-0.3, -0.25) is 0 Å². The maximum absolute atomic E-state index is 9.87. The summed E-state index contributed by atoms with van der Waals surface area (Å²) < 4.78 is 0. The molecule has 0 bridgehead atoms.